The summed E-state index contributed by atoms with van der Waals surface area (Å²) in [4.78, 5) is 23.7. The Morgan fingerprint density at radius 1 is 0.893 bits per heavy atom. The smallest absolute Gasteiger partial charge is 0.306 e. The number of nitrogens with one attached hydrogen (secondary N) is 1. The van der Waals surface area contributed by atoms with Crippen molar-refractivity contribution in [2.45, 2.75) is 25.7 Å². The zero-order chi connectivity index (χ0) is 20.0. The Morgan fingerprint density at radius 2 is 1.64 bits per heavy atom. The molecular formula is C22H27NO5. The van der Waals surface area contributed by atoms with Gasteiger partial charge in [-0.1, -0.05) is 42.5 Å². The van der Waals surface area contributed by atoms with Crippen LogP contribution in [0, 0.1) is 0 Å². The van der Waals surface area contributed by atoms with E-state index in [0.717, 1.165) is 12.8 Å². The summed E-state index contributed by atoms with van der Waals surface area (Å²) in [7, 11) is 1.53. The molecule has 0 fully saturated rings. The van der Waals surface area contributed by atoms with E-state index in [4.69, 9.17) is 14.2 Å². The Bertz CT molecular complexity index is 733. The Morgan fingerprint density at radius 3 is 2.43 bits per heavy atom. The molecule has 28 heavy (non-hydrogen) atoms. The molecule has 1 N–H and O–H groups in total. The molecule has 0 bridgehead atoms. The van der Waals surface area contributed by atoms with Crippen molar-refractivity contribution in [3.8, 4) is 5.75 Å². The fraction of sp³-hybridized carbons (Fsp3) is 0.364. The summed E-state index contributed by atoms with van der Waals surface area (Å²) in [5, 5.41) is 2.80. The Balaban J connectivity index is 1.74. The number of rotatable bonds is 12. The van der Waals surface area contributed by atoms with E-state index in [1.807, 2.05) is 36.4 Å². The van der Waals surface area contributed by atoms with Crippen LogP contribution in [0.3, 0.4) is 0 Å². The summed E-state index contributed by atoms with van der Waals surface area (Å²) >= 11 is 0. The van der Waals surface area contributed by atoms with Crippen molar-refractivity contribution < 1.29 is 23.8 Å². The van der Waals surface area contributed by atoms with E-state index in [1.54, 1.807) is 6.07 Å². The number of para-hydroxylation sites is 2. The van der Waals surface area contributed by atoms with Crippen molar-refractivity contribution in [1.82, 2.24) is 0 Å². The van der Waals surface area contributed by atoms with Crippen molar-refractivity contribution in [3.63, 3.8) is 0 Å². The number of carbonyl (C=O) groups excluding carboxylic acids is 2. The van der Waals surface area contributed by atoms with E-state index in [2.05, 4.69) is 17.4 Å². The maximum absolute atomic E-state index is 12.1. The molecule has 1 amide bonds. The number of amides is 1. The van der Waals surface area contributed by atoms with Gasteiger partial charge < -0.3 is 19.5 Å². The SMILES string of the molecule is COCCOC(=O)CCC(=O)Nc1ccccc1OCCCc1ccccc1. The monoisotopic (exact) mass is 385 g/mol. The highest BCUT2D eigenvalue weighted by atomic mass is 16.6. The number of hydrogen-bond donors (Lipinski definition) is 1. The van der Waals surface area contributed by atoms with Crippen LogP contribution in [0.25, 0.3) is 0 Å². The first kappa shape index (κ1) is 21.4. The second-order valence-corrected chi connectivity index (χ2v) is 6.20. The number of aryl methyl sites for hydroxylation is 1. The molecule has 2 aromatic carbocycles. The van der Waals surface area contributed by atoms with Crippen molar-refractivity contribution in [3.05, 3.63) is 60.2 Å². The fourth-order valence-corrected chi connectivity index (χ4v) is 2.54. The van der Waals surface area contributed by atoms with Crippen molar-refractivity contribution in [2.24, 2.45) is 0 Å². The average molecular weight is 385 g/mol. The van der Waals surface area contributed by atoms with Crippen LogP contribution in [-0.2, 0) is 25.5 Å². The molecule has 0 heterocycles. The maximum atomic E-state index is 12.1. The quantitative estimate of drug-likeness (QED) is 0.446. The number of esters is 1. The summed E-state index contributed by atoms with van der Waals surface area (Å²) in [6.07, 6.45) is 1.88. The molecule has 0 saturated heterocycles. The van der Waals surface area contributed by atoms with Crippen LogP contribution < -0.4 is 10.1 Å². The second kappa shape index (κ2) is 12.5. The van der Waals surface area contributed by atoms with Crippen LogP contribution in [0.1, 0.15) is 24.8 Å². The predicted molar refractivity (Wildman–Crippen MR) is 107 cm³/mol. The molecule has 2 aromatic rings. The molecule has 0 aliphatic rings. The molecule has 0 aliphatic heterocycles. The molecule has 0 aliphatic carbocycles. The Labute approximate surface area is 165 Å². The summed E-state index contributed by atoms with van der Waals surface area (Å²) in [5.41, 5.74) is 1.87. The number of ether oxygens (including phenoxy) is 3. The van der Waals surface area contributed by atoms with E-state index in [9.17, 15) is 9.59 Å². The molecular weight excluding hydrogens is 358 g/mol. The number of hydrogen-bond acceptors (Lipinski definition) is 5. The van der Waals surface area contributed by atoms with Gasteiger partial charge in [-0.15, -0.1) is 0 Å². The lowest BCUT2D eigenvalue weighted by molar-refractivity contribution is -0.145. The highest BCUT2D eigenvalue weighted by Gasteiger charge is 2.11. The molecule has 0 aromatic heterocycles. The number of carbonyl (C=O) groups is 2. The minimum absolute atomic E-state index is 0.0235. The summed E-state index contributed by atoms with van der Waals surface area (Å²) in [6, 6.07) is 17.5. The Kier molecular flexibility index (Phi) is 9.58. The number of benzene rings is 2. The summed E-state index contributed by atoms with van der Waals surface area (Å²) in [6.45, 7) is 1.08. The highest BCUT2D eigenvalue weighted by molar-refractivity contribution is 5.93. The first-order chi connectivity index (χ1) is 13.7. The van der Waals surface area contributed by atoms with Gasteiger partial charge in [0.1, 0.15) is 12.4 Å². The molecule has 6 nitrogen and oxygen atoms in total. The fourth-order valence-electron chi connectivity index (χ4n) is 2.54. The van der Waals surface area contributed by atoms with Gasteiger partial charge in [-0.25, -0.2) is 0 Å². The molecule has 0 spiro atoms. The third-order valence-electron chi connectivity index (χ3n) is 3.98. The largest absolute Gasteiger partial charge is 0.491 e. The van der Waals surface area contributed by atoms with Crippen LogP contribution in [0.15, 0.2) is 54.6 Å². The maximum Gasteiger partial charge on any atom is 0.306 e. The van der Waals surface area contributed by atoms with E-state index in [-0.39, 0.29) is 25.4 Å². The summed E-state index contributed by atoms with van der Waals surface area (Å²) in [5.74, 6) is -0.0618. The standard InChI is InChI=1S/C22H27NO5/c1-26-16-17-28-22(25)14-13-21(24)23-19-11-5-6-12-20(19)27-15-7-10-18-8-3-2-4-9-18/h2-6,8-9,11-12H,7,10,13-17H2,1H3,(H,23,24). The van der Waals surface area contributed by atoms with Gasteiger partial charge in [0.15, 0.2) is 0 Å². The number of methoxy groups -OCH3 is 1. The van der Waals surface area contributed by atoms with Gasteiger partial charge in [0, 0.05) is 13.5 Å². The van der Waals surface area contributed by atoms with E-state index in [1.165, 1.54) is 12.7 Å². The lowest BCUT2D eigenvalue weighted by atomic mass is 10.1. The second-order valence-electron chi connectivity index (χ2n) is 6.20. The number of anilines is 1. The van der Waals surface area contributed by atoms with Gasteiger partial charge in [-0.2, -0.15) is 0 Å². The van der Waals surface area contributed by atoms with Gasteiger partial charge in [0.2, 0.25) is 5.91 Å². The average Bonchev–Trinajstić information content (AvgIpc) is 2.72. The van der Waals surface area contributed by atoms with Crippen LogP contribution in [0.5, 0.6) is 5.75 Å². The topological polar surface area (TPSA) is 73.9 Å². The van der Waals surface area contributed by atoms with E-state index in [0.29, 0.717) is 24.7 Å². The predicted octanol–water partition coefficient (Wildman–Crippen LogP) is 3.61. The third kappa shape index (κ3) is 8.22. The molecule has 0 unspecified atom stereocenters. The normalized spacial score (nSPS) is 10.3. The zero-order valence-corrected chi connectivity index (χ0v) is 16.2. The van der Waals surface area contributed by atoms with Crippen LogP contribution in [0.2, 0.25) is 0 Å². The van der Waals surface area contributed by atoms with Gasteiger partial charge in [0.05, 0.1) is 25.3 Å². The Hall–Kier alpha value is -2.86. The molecule has 0 radical (unpaired) electrons. The van der Waals surface area contributed by atoms with E-state index < -0.39 is 5.97 Å². The summed E-state index contributed by atoms with van der Waals surface area (Å²) < 4.78 is 15.6. The van der Waals surface area contributed by atoms with Crippen molar-refractivity contribution in [2.75, 3.05) is 32.2 Å². The molecule has 2 rings (SSSR count). The molecule has 150 valence electrons. The van der Waals surface area contributed by atoms with Crippen molar-refractivity contribution in [1.29, 1.82) is 0 Å². The molecule has 0 atom stereocenters. The van der Waals surface area contributed by atoms with Crippen LogP contribution in [0.4, 0.5) is 5.69 Å². The van der Waals surface area contributed by atoms with Gasteiger partial charge in [0.25, 0.3) is 0 Å². The minimum atomic E-state index is -0.419. The van der Waals surface area contributed by atoms with E-state index >= 15 is 0 Å². The first-order valence-corrected chi connectivity index (χ1v) is 9.39. The van der Waals surface area contributed by atoms with Gasteiger partial charge in [-0.05, 0) is 30.5 Å². The van der Waals surface area contributed by atoms with Crippen LogP contribution in [-0.4, -0.2) is 38.8 Å². The lowest BCUT2D eigenvalue weighted by Crippen LogP contribution is -2.16. The third-order valence-corrected chi connectivity index (χ3v) is 3.98. The van der Waals surface area contributed by atoms with Gasteiger partial charge in [-0.3, -0.25) is 9.59 Å². The lowest BCUT2D eigenvalue weighted by Gasteiger charge is -2.12. The first-order valence-electron chi connectivity index (χ1n) is 9.39. The molecule has 6 heteroatoms. The zero-order valence-electron chi connectivity index (χ0n) is 16.2. The van der Waals surface area contributed by atoms with Crippen LogP contribution >= 0.6 is 0 Å². The highest BCUT2D eigenvalue weighted by Crippen LogP contribution is 2.24. The minimum Gasteiger partial charge on any atom is -0.491 e. The van der Waals surface area contributed by atoms with Crippen molar-refractivity contribution >= 4 is 17.6 Å². The molecule has 0 saturated carbocycles. The van der Waals surface area contributed by atoms with Gasteiger partial charge >= 0.3 is 5.97 Å².